The Morgan fingerprint density at radius 3 is 2.73 bits per heavy atom. The van der Waals surface area contributed by atoms with E-state index in [1.807, 2.05) is 24.3 Å². The van der Waals surface area contributed by atoms with Crippen molar-refractivity contribution >= 4 is 46.3 Å². The van der Waals surface area contributed by atoms with Crippen LogP contribution in [0.3, 0.4) is 0 Å². The number of benzene rings is 1. The fourth-order valence-corrected chi connectivity index (χ4v) is 3.56. The zero-order valence-corrected chi connectivity index (χ0v) is 15.9. The number of hydrogen-bond donors (Lipinski definition) is 2. The number of carbonyl (C=O) groups is 2. The number of carbonyl (C=O) groups excluding carboxylic acids is 2. The molecule has 2 aromatic rings. The molecule has 1 aliphatic heterocycles. The van der Waals surface area contributed by atoms with Crippen molar-refractivity contribution in [1.82, 2.24) is 5.32 Å². The molecule has 6 nitrogen and oxygen atoms in total. The third-order valence-electron chi connectivity index (χ3n) is 3.92. The number of rotatable bonds is 7. The summed E-state index contributed by atoms with van der Waals surface area (Å²) in [5, 5.41) is 6.07. The highest BCUT2D eigenvalue weighted by atomic mass is 35.5. The Hall–Kier alpha value is -2.25. The molecule has 1 aromatic heterocycles. The van der Waals surface area contributed by atoms with Crippen LogP contribution in [0.5, 0.6) is 0 Å². The van der Waals surface area contributed by atoms with Gasteiger partial charge in [0.25, 0.3) is 5.91 Å². The number of anilines is 2. The second-order valence-corrected chi connectivity index (χ2v) is 7.62. The molecule has 3 rings (SSSR count). The van der Waals surface area contributed by atoms with E-state index in [0.29, 0.717) is 15.8 Å². The van der Waals surface area contributed by atoms with E-state index >= 15 is 0 Å². The van der Waals surface area contributed by atoms with Crippen LogP contribution in [0, 0.1) is 0 Å². The van der Waals surface area contributed by atoms with Crippen LogP contribution in [-0.4, -0.2) is 37.7 Å². The Kier molecular flexibility index (Phi) is 6.00. The first-order chi connectivity index (χ1) is 12.6. The zero-order chi connectivity index (χ0) is 18.5. The summed E-state index contributed by atoms with van der Waals surface area (Å²) in [6.45, 7) is 3.66. The Morgan fingerprint density at radius 1 is 1.31 bits per heavy atom. The normalized spacial score (nSPS) is 16.5. The standard InChI is InChI=1S/C18H20ClN3O3S/c1-2-9-20-12-3-5-13(6-4-12)22-11-14(25-18(22)24)10-21-17(23)15-7-8-16(19)26-15/h3-8,14,20H,2,9-11H2,1H3,(H,21,23)/t14-/m0/s1. The Balaban J connectivity index is 1.54. The minimum absolute atomic E-state index is 0.220. The molecule has 1 fully saturated rings. The molecule has 0 radical (unpaired) electrons. The van der Waals surface area contributed by atoms with Crippen molar-refractivity contribution in [1.29, 1.82) is 0 Å². The lowest BCUT2D eigenvalue weighted by atomic mass is 10.2. The smallest absolute Gasteiger partial charge is 0.414 e. The van der Waals surface area contributed by atoms with E-state index in [4.69, 9.17) is 16.3 Å². The van der Waals surface area contributed by atoms with E-state index in [1.165, 1.54) is 11.3 Å². The van der Waals surface area contributed by atoms with E-state index in [-0.39, 0.29) is 18.6 Å². The molecule has 8 heteroatoms. The average Bonchev–Trinajstić information content (AvgIpc) is 3.24. The summed E-state index contributed by atoms with van der Waals surface area (Å²) in [7, 11) is 0. The summed E-state index contributed by atoms with van der Waals surface area (Å²) in [5.74, 6) is -0.220. The molecule has 138 valence electrons. The molecule has 1 aliphatic rings. The SMILES string of the molecule is CCCNc1ccc(N2C[C@H](CNC(=O)c3ccc(Cl)s3)OC2=O)cc1. The fraction of sp³-hybridized carbons (Fsp3) is 0.333. The van der Waals surface area contributed by atoms with Crippen molar-refractivity contribution in [2.24, 2.45) is 0 Å². The molecule has 2 amide bonds. The molecule has 0 aliphatic carbocycles. The average molecular weight is 394 g/mol. The van der Waals surface area contributed by atoms with Gasteiger partial charge in [0.05, 0.1) is 22.3 Å². The summed E-state index contributed by atoms with van der Waals surface area (Å²) in [5.41, 5.74) is 1.79. The number of amides is 2. The number of hydrogen-bond acceptors (Lipinski definition) is 5. The third kappa shape index (κ3) is 4.47. The second kappa shape index (κ2) is 8.42. The lowest BCUT2D eigenvalue weighted by Gasteiger charge is -2.14. The predicted octanol–water partition coefficient (Wildman–Crippen LogP) is 3.98. The molecule has 0 saturated carbocycles. The first-order valence-corrected chi connectivity index (χ1v) is 9.62. The summed E-state index contributed by atoms with van der Waals surface area (Å²) in [6, 6.07) is 11.0. The molecule has 2 N–H and O–H groups in total. The number of cyclic esters (lactones) is 1. The highest BCUT2D eigenvalue weighted by molar-refractivity contribution is 7.17. The van der Waals surface area contributed by atoms with Crippen molar-refractivity contribution in [2.45, 2.75) is 19.4 Å². The van der Waals surface area contributed by atoms with Gasteiger partial charge in [-0.05, 0) is 42.8 Å². The third-order valence-corrected chi connectivity index (χ3v) is 5.15. The molecule has 1 atom stereocenters. The molecule has 0 spiro atoms. The topological polar surface area (TPSA) is 70.7 Å². The van der Waals surface area contributed by atoms with Gasteiger partial charge in [-0.2, -0.15) is 0 Å². The van der Waals surface area contributed by atoms with E-state index in [1.54, 1.807) is 17.0 Å². The van der Waals surface area contributed by atoms with E-state index in [9.17, 15) is 9.59 Å². The van der Waals surface area contributed by atoms with Crippen LogP contribution in [0.25, 0.3) is 0 Å². The lowest BCUT2D eigenvalue weighted by Crippen LogP contribution is -2.34. The number of halogens is 1. The van der Waals surface area contributed by atoms with Gasteiger partial charge in [-0.1, -0.05) is 18.5 Å². The number of nitrogens with zero attached hydrogens (tertiary/aromatic N) is 1. The van der Waals surface area contributed by atoms with Crippen LogP contribution in [0.2, 0.25) is 4.34 Å². The van der Waals surface area contributed by atoms with Crippen LogP contribution < -0.4 is 15.5 Å². The van der Waals surface area contributed by atoms with Gasteiger partial charge in [0.15, 0.2) is 0 Å². The maximum Gasteiger partial charge on any atom is 0.414 e. The number of ether oxygens (including phenoxy) is 1. The molecular formula is C18H20ClN3O3S. The largest absolute Gasteiger partial charge is 0.442 e. The molecule has 26 heavy (non-hydrogen) atoms. The highest BCUT2D eigenvalue weighted by Crippen LogP contribution is 2.24. The van der Waals surface area contributed by atoms with Crippen molar-refractivity contribution < 1.29 is 14.3 Å². The van der Waals surface area contributed by atoms with Gasteiger partial charge >= 0.3 is 6.09 Å². The summed E-state index contributed by atoms with van der Waals surface area (Å²) in [6.07, 6.45) is 0.253. The van der Waals surface area contributed by atoms with E-state index < -0.39 is 6.09 Å². The number of nitrogens with one attached hydrogen (secondary N) is 2. The van der Waals surface area contributed by atoms with Crippen LogP contribution in [-0.2, 0) is 4.74 Å². The monoisotopic (exact) mass is 393 g/mol. The van der Waals surface area contributed by atoms with Crippen LogP contribution >= 0.6 is 22.9 Å². The zero-order valence-electron chi connectivity index (χ0n) is 14.3. The Bertz CT molecular complexity index is 778. The minimum atomic E-state index is -0.405. The van der Waals surface area contributed by atoms with Crippen LogP contribution in [0.4, 0.5) is 16.2 Å². The Labute approximate surface area is 161 Å². The van der Waals surface area contributed by atoms with Crippen LogP contribution in [0.1, 0.15) is 23.0 Å². The van der Waals surface area contributed by atoms with Gasteiger partial charge in [0.2, 0.25) is 0 Å². The van der Waals surface area contributed by atoms with Gasteiger partial charge < -0.3 is 15.4 Å². The van der Waals surface area contributed by atoms with Crippen LogP contribution in [0.15, 0.2) is 36.4 Å². The molecule has 2 heterocycles. The van der Waals surface area contributed by atoms with Gasteiger partial charge in [0, 0.05) is 17.9 Å². The van der Waals surface area contributed by atoms with Gasteiger partial charge in [0.1, 0.15) is 6.10 Å². The van der Waals surface area contributed by atoms with Gasteiger partial charge in [-0.15, -0.1) is 11.3 Å². The molecular weight excluding hydrogens is 374 g/mol. The summed E-state index contributed by atoms with van der Waals surface area (Å²) in [4.78, 5) is 26.3. The summed E-state index contributed by atoms with van der Waals surface area (Å²) >= 11 is 7.05. The Morgan fingerprint density at radius 2 is 2.08 bits per heavy atom. The van der Waals surface area contributed by atoms with Crippen molar-refractivity contribution in [3.63, 3.8) is 0 Å². The highest BCUT2D eigenvalue weighted by Gasteiger charge is 2.32. The van der Waals surface area contributed by atoms with Crippen molar-refractivity contribution in [3.8, 4) is 0 Å². The van der Waals surface area contributed by atoms with Crippen molar-refractivity contribution in [2.75, 3.05) is 29.9 Å². The van der Waals surface area contributed by atoms with Gasteiger partial charge in [-0.3, -0.25) is 9.69 Å². The first-order valence-electron chi connectivity index (χ1n) is 8.42. The predicted molar refractivity (Wildman–Crippen MR) is 104 cm³/mol. The quantitative estimate of drug-likeness (QED) is 0.746. The molecule has 0 bridgehead atoms. The lowest BCUT2D eigenvalue weighted by molar-refractivity contribution is 0.0920. The summed E-state index contributed by atoms with van der Waals surface area (Å²) < 4.78 is 5.91. The van der Waals surface area contributed by atoms with E-state index in [2.05, 4.69) is 17.6 Å². The molecule has 0 unspecified atom stereocenters. The maximum absolute atomic E-state index is 12.1. The van der Waals surface area contributed by atoms with Gasteiger partial charge in [-0.25, -0.2) is 4.79 Å². The number of thiophene rings is 1. The minimum Gasteiger partial charge on any atom is -0.442 e. The maximum atomic E-state index is 12.1. The first kappa shape index (κ1) is 18.5. The molecule has 1 aromatic carbocycles. The van der Waals surface area contributed by atoms with E-state index in [0.717, 1.165) is 24.3 Å². The molecule has 1 saturated heterocycles. The van der Waals surface area contributed by atoms with Crippen molar-refractivity contribution in [3.05, 3.63) is 45.6 Å². The fourth-order valence-electron chi connectivity index (χ4n) is 2.60. The second-order valence-electron chi connectivity index (χ2n) is 5.90.